The molecule has 2 rings (SSSR count). The van der Waals surface area contributed by atoms with Crippen LogP contribution in [0.25, 0.3) is 5.82 Å². The number of hydrogen-bond acceptors (Lipinski definition) is 3. The average Bonchev–Trinajstić information content (AvgIpc) is 2.16. The number of nitrogens with zero attached hydrogens (tertiary/aromatic N) is 3. The Bertz CT molecular complexity index is 530. The maximum Gasteiger partial charge on any atom is 0.256 e. The predicted molar refractivity (Wildman–Crippen MR) is 57.4 cm³/mol. The molecule has 0 amide bonds. The van der Waals surface area contributed by atoms with Crippen molar-refractivity contribution in [1.82, 2.24) is 14.5 Å². The molecule has 0 bridgehead atoms. The number of pyridine rings is 1. The molecule has 4 nitrogen and oxygen atoms in total. The molecular weight excluding hydrogens is 214 g/mol. The molecule has 0 radical (unpaired) electrons. The molecule has 2 aromatic rings. The summed E-state index contributed by atoms with van der Waals surface area (Å²) in [6, 6.07) is 6.45. The van der Waals surface area contributed by atoms with E-state index in [0.717, 1.165) is 0 Å². The minimum absolute atomic E-state index is 0.147. The molecule has 0 aromatic carbocycles. The highest BCUT2D eigenvalue weighted by molar-refractivity contribution is 6.29. The van der Waals surface area contributed by atoms with Crippen molar-refractivity contribution >= 4 is 11.6 Å². The molecule has 76 valence electrons. The Morgan fingerprint density at radius 1 is 1.33 bits per heavy atom. The van der Waals surface area contributed by atoms with Crippen LogP contribution >= 0.6 is 11.6 Å². The second-order valence-electron chi connectivity index (χ2n) is 3.00. The zero-order valence-electron chi connectivity index (χ0n) is 8.01. The number of aromatic nitrogens is 3. The normalized spacial score (nSPS) is 10.3. The van der Waals surface area contributed by atoms with Gasteiger partial charge in [0.25, 0.3) is 5.56 Å². The van der Waals surface area contributed by atoms with Gasteiger partial charge in [0.2, 0.25) is 0 Å². The lowest BCUT2D eigenvalue weighted by Crippen LogP contribution is -2.17. The fourth-order valence-corrected chi connectivity index (χ4v) is 1.48. The number of halogens is 1. The fourth-order valence-electron chi connectivity index (χ4n) is 1.26. The highest BCUT2D eigenvalue weighted by Gasteiger charge is 2.02. The van der Waals surface area contributed by atoms with Gasteiger partial charge in [0, 0.05) is 18.3 Å². The van der Waals surface area contributed by atoms with Crippen LogP contribution in [0.2, 0.25) is 5.15 Å². The topological polar surface area (TPSA) is 47.8 Å². The van der Waals surface area contributed by atoms with Gasteiger partial charge in [-0.25, -0.2) is 9.97 Å². The summed E-state index contributed by atoms with van der Waals surface area (Å²) in [5.74, 6) is 1.02. The third-order valence-electron chi connectivity index (χ3n) is 1.86. The van der Waals surface area contributed by atoms with Crippen molar-refractivity contribution in [3.8, 4) is 5.82 Å². The van der Waals surface area contributed by atoms with Gasteiger partial charge in [0.15, 0.2) is 0 Å². The molecular formula is C10H8ClN3O. The summed E-state index contributed by atoms with van der Waals surface area (Å²) in [6.45, 7) is 1.73. The van der Waals surface area contributed by atoms with E-state index in [-0.39, 0.29) is 5.56 Å². The smallest absolute Gasteiger partial charge is 0.256 e. The van der Waals surface area contributed by atoms with Gasteiger partial charge >= 0.3 is 0 Å². The van der Waals surface area contributed by atoms with Gasteiger partial charge in [-0.15, -0.1) is 0 Å². The molecule has 0 aliphatic rings. The van der Waals surface area contributed by atoms with E-state index in [1.165, 1.54) is 10.6 Å². The lowest BCUT2D eigenvalue weighted by atomic mass is 10.4. The van der Waals surface area contributed by atoms with E-state index in [1.54, 1.807) is 31.3 Å². The summed E-state index contributed by atoms with van der Waals surface area (Å²) in [4.78, 5) is 19.6. The van der Waals surface area contributed by atoms with Crippen LogP contribution in [0.3, 0.4) is 0 Å². The Morgan fingerprint density at radius 3 is 2.80 bits per heavy atom. The summed E-state index contributed by atoms with van der Waals surface area (Å²) in [5.41, 5.74) is -0.147. The highest BCUT2D eigenvalue weighted by Crippen LogP contribution is 2.09. The summed E-state index contributed by atoms with van der Waals surface area (Å²) in [5, 5.41) is 0.327. The number of hydrogen-bond donors (Lipinski definition) is 0. The lowest BCUT2D eigenvalue weighted by Gasteiger charge is -2.04. The Balaban J connectivity index is 2.64. The zero-order chi connectivity index (χ0) is 10.8. The third kappa shape index (κ3) is 2.05. The van der Waals surface area contributed by atoms with Crippen LogP contribution in [-0.2, 0) is 0 Å². The summed E-state index contributed by atoms with van der Waals surface area (Å²) >= 11 is 5.79. The largest absolute Gasteiger partial charge is 0.269 e. The van der Waals surface area contributed by atoms with Crippen molar-refractivity contribution in [2.24, 2.45) is 0 Å². The molecule has 0 saturated heterocycles. The van der Waals surface area contributed by atoms with Gasteiger partial charge in [-0.1, -0.05) is 17.7 Å². The number of aryl methyl sites for hydroxylation is 1. The van der Waals surface area contributed by atoms with E-state index in [4.69, 9.17) is 11.6 Å². The molecule has 0 N–H and O–H groups in total. The number of rotatable bonds is 1. The molecule has 0 atom stereocenters. The standard InChI is InChI=1S/C10H8ClN3O/c1-7-12-8(11)6-9(13-7)14-5-3-2-4-10(14)15/h2-6H,1H3. The molecule has 0 aliphatic heterocycles. The predicted octanol–water partition coefficient (Wildman–Crippen LogP) is 1.59. The van der Waals surface area contributed by atoms with Crippen molar-refractivity contribution in [2.75, 3.05) is 0 Å². The molecule has 0 saturated carbocycles. The van der Waals surface area contributed by atoms with Crippen LogP contribution in [0.1, 0.15) is 5.82 Å². The second-order valence-corrected chi connectivity index (χ2v) is 3.39. The van der Waals surface area contributed by atoms with Gasteiger partial charge in [0.1, 0.15) is 16.8 Å². The van der Waals surface area contributed by atoms with Crippen molar-refractivity contribution in [2.45, 2.75) is 6.92 Å². The van der Waals surface area contributed by atoms with Crippen LogP contribution in [-0.4, -0.2) is 14.5 Å². The van der Waals surface area contributed by atoms with Gasteiger partial charge in [-0.2, -0.15) is 0 Å². The average molecular weight is 222 g/mol. The van der Waals surface area contributed by atoms with E-state index in [0.29, 0.717) is 16.8 Å². The molecule has 2 aromatic heterocycles. The Morgan fingerprint density at radius 2 is 2.13 bits per heavy atom. The van der Waals surface area contributed by atoms with Gasteiger partial charge in [-0.05, 0) is 13.0 Å². The molecule has 0 fully saturated rings. The summed E-state index contributed by atoms with van der Waals surface area (Å²) < 4.78 is 1.42. The fraction of sp³-hybridized carbons (Fsp3) is 0.100. The van der Waals surface area contributed by atoms with Crippen LogP contribution < -0.4 is 5.56 Å². The monoisotopic (exact) mass is 221 g/mol. The zero-order valence-corrected chi connectivity index (χ0v) is 8.77. The van der Waals surface area contributed by atoms with Gasteiger partial charge < -0.3 is 0 Å². The Labute approximate surface area is 91.2 Å². The van der Waals surface area contributed by atoms with Crippen molar-refractivity contribution < 1.29 is 0 Å². The van der Waals surface area contributed by atoms with E-state index in [1.807, 2.05) is 0 Å². The maximum atomic E-state index is 11.5. The first-order valence-electron chi connectivity index (χ1n) is 4.36. The SMILES string of the molecule is Cc1nc(Cl)cc(-n2ccccc2=O)n1. The highest BCUT2D eigenvalue weighted by atomic mass is 35.5. The van der Waals surface area contributed by atoms with Crippen LogP contribution in [0, 0.1) is 6.92 Å². The van der Waals surface area contributed by atoms with E-state index < -0.39 is 0 Å². The van der Waals surface area contributed by atoms with Crippen molar-refractivity contribution in [1.29, 1.82) is 0 Å². The van der Waals surface area contributed by atoms with E-state index in [9.17, 15) is 4.79 Å². The minimum atomic E-state index is -0.147. The molecule has 15 heavy (non-hydrogen) atoms. The first kappa shape index (κ1) is 9.86. The molecule has 2 heterocycles. The first-order chi connectivity index (χ1) is 7.16. The third-order valence-corrected chi connectivity index (χ3v) is 2.06. The molecule has 0 spiro atoms. The van der Waals surface area contributed by atoms with Crippen molar-refractivity contribution in [3.63, 3.8) is 0 Å². The summed E-state index contributed by atoms with van der Waals surface area (Å²) in [6.07, 6.45) is 1.64. The van der Waals surface area contributed by atoms with Crippen LogP contribution in [0.5, 0.6) is 0 Å². The van der Waals surface area contributed by atoms with Crippen molar-refractivity contribution in [3.05, 3.63) is 51.8 Å². The van der Waals surface area contributed by atoms with E-state index in [2.05, 4.69) is 9.97 Å². The van der Waals surface area contributed by atoms with Crippen LogP contribution in [0.4, 0.5) is 0 Å². The minimum Gasteiger partial charge on any atom is -0.269 e. The molecule has 0 aliphatic carbocycles. The Hall–Kier alpha value is -1.68. The molecule has 0 unspecified atom stereocenters. The van der Waals surface area contributed by atoms with Gasteiger partial charge in [-0.3, -0.25) is 9.36 Å². The summed E-state index contributed by atoms with van der Waals surface area (Å²) in [7, 11) is 0. The second kappa shape index (κ2) is 3.82. The Kier molecular flexibility index (Phi) is 2.51. The van der Waals surface area contributed by atoms with Crippen LogP contribution in [0.15, 0.2) is 35.3 Å². The van der Waals surface area contributed by atoms with E-state index >= 15 is 0 Å². The maximum absolute atomic E-state index is 11.5. The molecule has 5 heteroatoms. The van der Waals surface area contributed by atoms with Gasteiger partial charge in [0.05, 0.1) is 0 Å². The first-order valence-corrected chi connectivity index (χ1v) is 4.74. The quantitative estimate of drug-likeness (QED) is 0.687. The lowest BCUT2D eigenvalue weighted by molar-refractivity contribution is 0.903.